The van der Waals surface area contributed by atoms with Gasteiger partial charge in [0.2, 0.25) is 0 Å². The molecule has 7 heteroatoms. The number of thiophene rings is 1. The van der Waals surface area contributed by atoms with Crippen LogP contribution in [-0.2, 0) is 24.1 Å². The van der Waals surface area contributed by atoms with E-state index in [4.69, 9.17) is 14.7 Å². The number of nitrogens with zero attached hydrogens (tertiary/aromatic N) is 4. The molecule has 5 rings (SSSR count). The number of morpholine rings is 1. The second-order valence-corrected chi connectivity index (χ2v) is 9.33. The molecule has 2 aromatic rings. The molecule has 0 saturated carbocycles. The summed E-state index contributed by atoms with van der Waals surface area (Å²) >= 11 is 1.90. The van der Waals surface area contributed by atoms with E-state index in [0.717, 1.165) is 57.6 Å². The van der Waals surface area contributed by atoms with E-state index in [9.17, 15) is 0 Å². The molecule has 2 aliphatic heterocycles. The van der Waals surface area contributed by atoms with E-state index in [1.165, 1.54) is 72.3 Å². The van der Waals surface area contributed by atoms with Crippen LogP contribution in [0.15, 0.2) is 0 Å². The predicted molar refractivity (Wildman–Crippen MR) is 114 cm³/mol. The van der Waals surface area contributed by atoms with E-state index in [1.54, 1.807) is 0 Å². The number of rotatable bonds is 6. The van der Waals surface area contributed by atoms with Crippen LogP contribution in [0.2, 0.25) is 0 Å². The van der Waals surface area contributed by atoms with Crippen molar-refractivity contribution in [1.82, 2.24) is 19.8 Å². The Hall–Kier alpha value is -1.28. The van der Waals surface area contributed by atoms with Gasteiger partial charge in [-0.1, -0.05) is 6.42 Å². The van der Waals surface area contributed by atoms with Gasteiger partial charge in [0.25, 0.3) is 0 Å². The summed E-state index contributed by atoms with van der Waals surface area (Å²) in [6.07, 6.45) is 7.65. The molecular formula is C21H31N5OS. The normalized spacial score (nSPS) is 21.3. The van der Waals surface area contributed by atoms with Gasteiger partial charge in [-0.15, -0.1) is 11.3 Å². The Morgan fingerprint density at radius 2 is 1.79 bits per heavy atom. The molecule has 28 heavy (non-hydrogen) atoms. The summed E-state index contributed by atoms with van der Waals surface area (Å²) in [5, 5.41) is 4.99. The summed E-state index contributed by atoms with van der Waals surface area (Å²) in [5.74, 6) is 2.06. The molecule has 3 aliphatic rings. The maximum Gasteiger partial charge on any atom is 0.146 e. The molecule has 2 aromatic heterocycles. The van der Waals surface area contributed by atoms with Gasteiger partial charge in [-0.25, -0.2) is 9.97 Å². The van der Waals surface area contributed by atoms with Crippen LogP contribution in [0.25, 0.3) is 10.2 Å². The van der Waals surface area contributed by atoms with E-state index in [2.05, 4.69) is 15.1 Å². The van der Waals surface area contributed by atoms with Crippen LogP contribution in [0.3, 0.4) is 0 Å². The van der Waals surface area contributed by atoms with Crippen molar-refractivity contribution in [2.75, 3.05) is 57.8 Å². The van der Waals surface area contributed by atoms with Crippen LogP contribution < -0.4 is 5.32 Å². The highest BCUT2D eigenvalue weighted by molar-refractivity contribution is 7.19. The number of piperidine rings is 1. The summed E-state index contributed by atoms with van der Waals surface area (Å²) in [6.45, 7) is 9.01. The van der Waals surface area contributed by atoms with Crippen molar-refractivity contribution in [3.8, 4) is 0 Å². The first kappa shape index (κ1) is 18.7. The van der Waals surface area contributed by atoms with Crippen LogP contribution in [0.1, 0.15) is 41.9 Å². The van der Waals surface area contributed by atoms with E-state index >= 15 is 0 Å². The lowest BCUT2D eigenvalue weighted by molar-refractivity contribution is 0.0398. The summed E-state index contributed by atoms with van der Waals surface area (Å²) < 4.78 is 5.46. The van der Waals surface area contributed by atoms with E-state index < -0.39 is 0 Å². The van der Waals surface area contributed by atoms with Crippen molar-refractivity contribution in [1.29, 1.82) is 0 Å². The van der Waals surface area contributed by atoms with Gasteiger partial charge in [0, 0.05) is 31.1 Å². The van der Waals surface area contributed by atoms with Crippen LogP contribution in [0.4, 0.5) is 5.82 Å². The molecule has 0 amide bonds. The minimum absolute atomic E-state index is 0.857. The van der Waals surface area contributed by atoms with Crippen molar-refractivity contribution in [2.45, 2.75) is 45.1 Å². The first-order chi connectivity index (χ1) is 13.9. The molecular weight excluding hydrogens is 370 g/mol. The Morgan fingerprint density at radius 1 is 0.929 bits per heavy atom. The molecule has 0 bridgehead atoms. The number of nitrogens with one attached hydrogen (secondary N) is 1. The second kappa shape index (κ2) is 8.61. The van der Waals surface area contributed by atoms with Crippen molar-refractivity contribution < 1.29 is 4.74 Å². The van der Waals surface area contributed by atoms with Gasteiger partial charge in [0.05, 0.1) is 25.1 Å². The molecule has 0 aromatic carbocycles. The molecule has 6 nitrogen and oxygen atoms in total. The van der Waals surface area contributed by atoms with Gasteiger partial charge >= 0.3 is 0 Å². The van der Waals surface area contributed by atoms with Crippen molar-refractivity contribution in [3.05, 3.63) is 16.3 Å². The van der Waals surface area contributed by atoms with Crippen molar-refractivity contribution in [3.63, 3.8) is 0 Å². The van der Waals surface area contributed by atoms with Gasteiger partial charge in [0.15, 0.2) is 0 Å². The Morgan fingerprint density at radius 3 is 2.64 bits per heavy atom. The third-order valence-electron chi connectivity index (χ3n) is 6.25. The Balaban J connectivity index is 1.36. The number of aromatic nitrogens is 2. The highest BCUT2D eigenvalue weighted by Crippen LogP contribution is 2.39. The number of likely N-dealkylation sites (tertiary alicyclic amines) is 1. The van der Waals surface area contributed by atoms with E-state index in [-0.39, 0.29) is 0 Å². The van der Waals surface area contributed by atoms with Gasteiger partial charge < -0.3 is 10.1 Å². The zero-order valence-corrected chi connectivity index (χ0v) is 17.5. The third kappa shape index (κ3) is 4.03. The van der Waals surface area contributed by atoms with Gasteiger partial charge in [-0.3, -0.25) is 9.80 Å². The lowest BCUT2D eigenvalue weighted by atomic mass is 10.1. The zero-order chi connectivity index (χ0) is 18.8. The third-order valence-corrected chi connectivity index (χ3v) is 7.43. The van der Waals surface area contributed by atoms with Crippen LogP contribution in [0.5, 0.6) is 0 Å². The standard InChI is InChI=1S/C21H31N5OS/c1-2-8-26(9-3-1)15-18-23-20(22-7-10-25-11-13-27-14-12-25)19-16-5-4-6-17(16)28-21(19)24-18/h1-15H2,(H,22,23,24). The summed E-state index contributed by atoms with van der Waals surface area (Å²) in [4.78, 5) is 17.7. The number of aryl methyl sites for hydroxylation is 2. The highest BCUT2D eigenvalue weighted by atomic mass is 32.1. The van der Waals surface area contributed by atoms with Crippen LogP contribution in [0, 0.1) is 0 Å². The number of anilines is 1. The van der Waals surface area contributed by atoms with Gasteiger partial charge in [-0.05, 0) is 50.8 Å². The lowest BCUT2D eigenvalue weighted by Crippen LogP contribution is -2.39. The average Bonchev–Trinajstić information content (AvgIpc) is 3.30. The molecule has 152 valence electrons. The maximum atomic E-state index is 5.46. The summed E-state index contributed by atoms with van der Waals surface area (Å²) in [6, 6.07) is 0. The fraction of sp³-hybridized carbons (Fsp3) is 0.714. The van der Waals surface area contributed by atoms with Crippen LogP contribution >= 0.6 is 11.3 Å². The number of hydrogen-bond acceptors (Lipinski definition) is 7. The predicted octanol–water partition coefficient (Wildman–Crippen LogP) is 2.91. The fourth-order valence-electron chi connectivity index (χ4n) is 4.71. The first-order valence-electron chi connectivity index (χ1n) is 10.9. The van der Waals surface area contributed by atoms with Gasteiger partial charge in [0.1, 0.15) is 16.5 Å². The second-order valence-electron chi connectivity index (χ2n) is 8.24. The average molecular weight is 402 g/mol. The fourth-order valence-corrected chi connectivity index (χ4v) is 5.99. The lowest BCUT2D eigenvalue weighted by Gasteiger charge is -2.27. The zero-order valence-electron chi connectivity index (χ0n) is 16.7. The van der Waals surface area contributed by atoms with Crippen LogP contribution in [-0.4, -0.2) is 72.3 Å². The minimum atomic E-state index is 0.857. The topological polar surface area (TPSA) is 53.5 Å². The highest BCUT2D eigenvalue weighted by Gasteiger charge is 2.23. The molecule has 0 radical (unpaired) electrons. The molecule has 4 heterocycles. The number of hydrogen-bond donors (Lipinski definition) is 1. The molecule has 1 N–H and O–H groups in total. The first-order valence-corrected chi connectivity index (χ1v) is 11.8. The molecule has 0 atom stereocenters. The van der Waals surface area contributed by atoms with Crippen molar-refractivity contribution >= 4 is 27.4 Å². The minimum Gasteiger partial charge on any atom is -0.379 e. The van der Waals surface area contributed by atoms with E-state index in [1.807, 2.05) is 11.3 Å². The molecule has 2 fully saturated rings. The monoisotopic (exact) mass is 401 g/mol. The van der Waals surface area contributed by atoms with E-state index in [0.29, 0.717) is 0 Å². The molecule has 0 unspecified atom stereocenters. The van der Waals surface area contributed by atoms with Gasteiger partial charge in [-0.2, -0.15) is 0 Å². The number of ether oxygens (including phenoxy) is 1. The number of fused-ring (bicyclic) bond motifs is 3. The smallest absolute Gasteiger partial charge is 0.146 e. The molecule has 0 spiro atoms. The maximum absolute atomic E-state index is 5.46. The largest absolute Gasteiger partial charge is 0.379 e. The molecule has 2 saturated heterocycles. The quantitative estimate of drug-likeness (QED) is 0.803. The van der Waals surface area contributed by atoms with Crippen molar-refractivity contribution in [2.24, 2.45) is 0 Å². The SMILES string of the molecule is C1CCN(Cc2nc(NCCN3CCOCC3)c3c4c(sc3n2)CCC4)CC1. The summed E-state index contributed by atoms with van der Waals surface area (Å²) in [7, 11) is 0. The molecule has 1 aliphatic carbocycles. The Labute approximate surface area is 171 Å². The Kier molecular flexibility index (Phi) is 5.76. The summed E-state index contributed by atoms with van der Waals surface area (Å²) in [5.41, 5.74) is 1.51. The Bertz CT molecular complexity index is 811.